The van der Waals surface area contributed by atoms with Gasteiger partial charge in [-0.25, -0.2) is 4.98 Å². The number of nitrogens with one attached hydrogen (secondary N) is 1. The predicted octanol–water partition coefficient (Wildman–Crippen LogP) is 4.05. The lowest BCUT2D eigenvalue weighted by Gasteiger charge is -2.32. The fourth-order valence-electron chi connectivity index (χ4n) is 4.26. The lowest BCUT2D eigenvalue weighted by atomic mass is 9.84. The van der Waals surface area contributed by atoms with Crippen LogP contribution in [0.4, 0.5) is 0 Å². The average molecular weight is 442 g/mol. The predicted molar refractivity (Wildman–Crippen MR) is 123 cm³/mol. The molecule has 1 aromatic heterocycles. The molecule has 0 saturated heterocycles. The van der Waals surface area contributed by atoms with Crippen LogP contribution in [0.2, 0.25) is 0 Å². The molecule has 1 aromatic carbocycles. The zero-order valence-corrected chi connectivity index (χ0v) is 19.6. The molecule has 2 atom stereocenters. The molecule has 1 fully saturated rings. The van der Waals surface area contributed by atoms with Crippen molar-refractivity contribution < 1.29 is 18.7 Å². The smallest absolute Gasteiger partial charge is 0.226 e. The number of nitrogens with zero attached hydrogens (tertiary/aromatic N) is 1. The highest BCUT2D eigenvalue weighted by atomic mass is 16.5. The van der Waals surface area contributed by atoms with Crippen molar-refractivity contribution in [3.63, 3.8) is 0 Å². The van der Waals surface area contributed by atoms with Crippen molar-refractivity contribution in [2.45, 2.75) is 72.4 Å². The van der Waals surface area contributed by atoms with Crippen molar-refractivity contribution in [1.82, 2.24) is 10.3 Å². The number of carbonyl (C=O) groups excluding carboxylic acids is 2. The third kappa shape index (κ3) is 6.42. The van der Waals surface area contributed by atoms with E-state index in [1.54, 1.807) is 13.8 Å². The molecule has 0 radical (unpaired) electrons. The first-order chi connectivity index (χ1) is 15.1. The summed E-state index contributed by atoms with van der Waals surface area (Å²) in [6, 6.07) is 8.18. The maximum absolute atomic E-state index is 12.6. The standard InChI is InChI=1S/C25H35N3O4/c1-16-7-5-9-19(11-16)23-28-21(17(2)32-23)15-31-14-18-8-6-10-20(12-18)27-24(30)25(3,4)13-22(26)29/h5,7,9,11,18,20H,6,8,10,12-15H2,1-4H3,(H2,26,29)(H,27,30). The minimum atomic E-state index is -0.797. The molecular weight excluding hydrogens is 406 g/mol. The van der Waals surface area contributed by atoms with Crippen LogP contribution >= 0.6 is 0 Å². The summed E-state index contributed by atoms with van der Waals surface area (Å²) in [4.78, 5) is 28.4. The van der Waals surface area contributed by atoms with Gasteiger partial charge in [-0.1, -0.05) is 38.0 Å². The van der Waals surface area contributed by atoms with Crippen molar-refractivity contribution in [2.75, 3.05) is 6.61 Å². The van der Waals surface area contributed by atoms with Gasteiger partial charge in [-0.05, 0) is 51.2 Å². The second kappa shape index (κ2) is 10.3. The van der Waals surface area contributed by atoms with Crippen LogP contribution in [0.5, 0.6) is 0 Å². The zero-order valence-electron chi connectivity index (χ0n) is 19.6. The monoisotopic (exact) mass is 441 g/mol. The minimum Gasteiger partial charge on any atom is -0.441 e. The number of nitrogens with two attached hydrogens (primary N) is 1. The Kier molecular flexibility index (Phi) is 7.72. The fraction of sp³-hybridized carbons (Fsp3) is 0.560. The second-order valence-corrected chi connectivity index (χ2v) is 9.64. The van der Waals surface area contributed by atoms with Gasteiger partial charge in [0.1, 0.15) is 11.5 Å². The van der Waals surface area contributed by atoms with E-state index in [0.717, 1.165) is 48.3 Å². The Hall–Kier alpha value is -2.67. The fourth-order valence-corrected chi connectivity index (χ4v) is 4.26. The zero-order chi connectivity index (χ0) is 23.3. The quantitative estimate of drug-likeness (QED) is 0.610. The molecular formula is C25H35N3O4. The molecule has 0 spiro atoms. The first kappa shape index (κ1) is 24.0. The number of aromatic nitrogens is 1. The average Bonchev–Trinajstić information content (AvgIpc) is 3.08. The van der Waals surface area contributed by atoms with Crippen LogP contribution in [0.3, 0.4) is 0 Å². The Labute approximate surface area is 190 Å². The van der Waals surface area contributed by atoms with Crippen LogP contribution in [0.1, 0.15) is 63.0 Å². The number of benzene rings is 1. The number of ether oxygens (including phenoxy) is 1. The largest absolute Gasteiger partial charge is 0.441 e. The molecule has 174 valence electrons. The summed E-state index contributed by atoms with van der Waals surface area (Å²) in [6.45, 7) is 8.47. The Bertz CT molecular complexity index is 950. The number of rotatable bonds is 9. The topological polar surface area (TPSA) is 107 Å². The van der Waals surface area contributed by atoms with E-state index in [2.05, 4.69) is 16.4 Å². The summed E-state index contributed by atoms with van der Waals surface area (Å²) in [7, 11) is 0. The molecule has 7 heteroatoms. The molecule has 3 rings (SSSR count). The van der Waals surface area contributed by atoms with Gasteiger partial charge >= 0.3 is 0 Å². The molecule has 1 aliphatic carbocycles. The van der Waals surface area contributed by atoms with E-state index in [1.807, 2.05) is 32.0 Å². The number of primary amides is 1. The molecule has 0 aliphatic heterocycles. The molecule has 32 heavy (non-hydrogen) atoms. The Morgan fingerprint density at radius 2 is 2.06 bits per heavy atom. The number of amides is 2. The molecule has 7 nitrogen and oxygen atoms in total. The van der Waals surface area contributed by atoms with Gasteiger partial charge in [0.25, 0.3) is 0 Å². The van der Waals surface area contributed by atoms with Gasteiger partial charge in [-0.3, -0.25) is 9.59 Å². The minimum absolute atomic E-state index is 0.0414. The number of hydrogen-bond acceptors (Lipinski definition) is 5. The maximum atomic E-state index is 12.6. The van der Waals surface area contributed by atoms with Crippen molar-refractivity contribution in [2.24, 2.45) is 17.1 Å². The van der Waals surface area contributed by atoms with Gasteiger partial charge in [0.05, 0.1) is 12.0 Å². The highest BCUT2D eigenvalue weighted by Crippen LogP contribution is 2.28. The second-order valence-electron chi connectivity index (χ2n) is 9.64. The van der Waals surface area contributed by atoms with Crippen molar-refractivity contribution in [3.8, 4) is 11.5 Å². The molecule has 2 amide bonds. The Morgan fingerprint density at radius 1 is 1.28 bits per heavy atom. The van der Waals surface area contributed by atoms with Crippen molar-refractivity contribution in [3.05, 3.63) is 41.3 Å². The van der Waals surface area contributed by atoms with Gasteiger partial charge in [0, 0.05) is 24.6 Å². The van der Waals surface area contributed by atoms with Crippen LogP contribution < -0.4 is 11.1 Å². The van der Waals surface area contributed by atoms with E-state index < -0.39 is 11.3 Å². The molecule has 2 aromatic rings. The van der Waals surface area contributed by atoms with Crippen molar-refractivity contribution >= 4 is 11.8 Å². The molecule has 1 saturated carbocycles. The van der Waals surface area contributed by atoms with Crippen LogP contribution in [-0.2, 0) is 20.9 Å². The SMILES string of the molecule is Cc1cccc(-c2nc(COCC3CCCC(NC(=O)C(C)(C)CC(N)=O)C3)c(C)o2)c1. The van der Waals surface area contributed by atoms with E-state index in [4.69, 9.17) is 14.9 Å². The van der Waals surface area contributed by atoms with E-state index >= 15 is 0 Å². The molecule has 3 N–H and O–H groups in total. The molecule has 1 aliphatic rings. The Morgan fingerprint density at radius 3 is 2.78 bits per heavy atom. The summed E-state index contributed by atoms with van der Waals surface area (Å²) >= 11 is 0. The van der Waals surface area contributed by atoms with Crippen LogP contribution in [-0.4, -0.2) is 29.4 Å². The number of carbonyl (C=O) groups is 2. The Balaban J connectivity index is 1.49. The summed E-state index contributed by atoms with van der Waals surface area (Å²) in [5.74, 6) is 1.17. The van der Waals surface area contributed by atoms with Crippen LogP contribution in [0, 0.1) is 25.2 Å². The summed E-state index contributed by atoms with van der Waals surface area (Å²) < 4.78 is 11.8. The molecule has 0 bridgehead atoms. The first-order valence-corrected chi connectivity index (χ1v) is 11.3. The van der Waals surface area contributed by atoms with Gasteiger partial charge in [0.2, 0.25) is 17.7 Å². The van der Waals surface area contributed by atoms with Gasteiger partial charge in [-0.15, -0.1) is 0 Å². The van der Waals surface area contributed by atoms with Gasteiger partial charge < -0.3 is 20.2 Å². The number of oxazole rings is 1. The van der Waals surface area contributed by atoms with E-state index in [-0.39, 0.29) is 18.4 Å². The van der Waals surface area contributed by atoms with Gasteiger partial charge in [0.15, 0.2) is 0 Å². The van der Waals surface area contributed by atoms with E-state index in [1.165, 1.54) is 0 Å². The van der Waals surface area contributed by atoms with Crippen LogP contribution in [0.25, 0.3) is 11.5 Å². The normalized spacial score (nSPS) is 19.0. The lowest BCUT2D eigenvalue weighted by Crippen LogP contribution is -2.46. The summed E-state index contributed by atoms with van der Waals surface area (Å²) in [6.07, 6.45) is 3.96. The summed E-state index contributed by atoms with van der Waals surface area (Å²) in [5, 5.41) is 3.11. The first-order valence-electron chi connectivity index (χ1n) is 11.3. The third-order valence-corrected chi connectivity index (χ3v) is 6.10. The van der Waals surface area contributed by atoms with E-state index in [9.17, 15) is 9.59 Å². The lowest BCUT2D eigenvalue weighted by molar-refractivity contribution is -0.134. The maximum Gasteiger partial charge on any atom is 0.226 e. The molecule has 2 unspecified atom stereocenters. The van der Waals surface area contributed by atoms with Gasteiger partial charge in [-0.2, -0.15) is 0 Å². The number of hydrogen-bond donors (Lipinski definition) is 2. The highest BCUT2D eigenvalue weighted by Gasteiger charge is 2.32. The van der Waals surface area contributed by atoms with E-state index in [0.29, 0.717) is 25.0 Å². The highest BCUT2D eigenvalue weighted by molar-refractivity contribution is 5.87. The third-order valence-electron chi connectivity index (χ3n) is 6.10. The van der Waals surface area contributed by atoms with Crippen LogP contribution in [0.15, 0.2) is 28.7 Å². The molecule has 1 heterocycles. The number of aryl methyl sites for hydroxylation is 2. The van der Waals surface area contributed by atoms with Crippen molar-refractivity contribution in [1.29, 1.82) is 0 Å². The summed E-state index contributed by atoms with van der Waals surface area (Å²) in [5.41, 5.74) is 7.42.